The predicted octanol–water partition coefficient (Wildman–Crippen LogP) is 2.34. The molecule has 0 aliphatic rings. The van der Waals surface area contributed by atoms with Crippen LogP contribution in [0, 0.1) is 0 Å². The third-order valence-corrected chi connectivity index (χ3v) is 3.83. The summed E-state index contributed by atoms with van der Waals surface area (Å²) in [4.78, 5) is 20.6. The molecule has 1 heterocycles. The summed E-state index contributed by atoms with van der Waals surface area (Å²) in [5.41, 5.74) is 1.60. The molecule has 0 spiro atoms. The number of benzene rings is 1. The van der Waals surface area contributed by atoms with E-state index < -0.39 is 0 Å². The van der Waals surface area contributed by atoms with Crippen LogP contribution in [-0.2, 0) is 0 Å². The summed E-state index contributed by atoms with van der Waals surface area (Å²) in [5, 5.41) is 9.36. The Kier molecular flexibility index (Phi) is 5.71. The molecule has 1 amide bonds. The average Bonchev–Trinajstić information content (AvgIpc) is 2.59. The predicted molar refractivity (Wildman–Crippen MR) is 91.5 cm³/mol. The molecule has 0 saturated carbocycles. The first-order valence-electron chi connectivity index (χ1n) is 7.61. The molecular weight excluding hydrogens is 290 g/mol. The van der Waals surface area contributed by atoms with E-state index in [9.17, 15) is 9.90 Å². The van der Waals surface area contributed by atoms with E-state index in [0.717, 1.165) is 11.4 Å². The Morgan fingerprint density at radius 1 is 1.17 bits per heavy atom. The van der Waals surface area contributed by atoms with Crippen molar-refractivity contribution in [1.82, 2.24) is 9.88 Å². The number of aliphatic hydroxyl groups is 1. The van der Waals surface area contributed by atoms with E-state index in [4.69, 9.17) is 0 Å². The van der Waals surface area contributed by atoms with Gasteiger partial charge in [0.2, 0.25) is 0 Å². The second-order valence-corrected chi connectivity index (χ2v) is 5.65. The molecule has 0 fully saturated rings. The van der Waals surface area contributed by atoms with Crippen LogP contribution in [0.25, 0.3) is 0 Å². The Hall–Kier alpha value is -2.40. The normalized spacial score (nSPS) is 11.8. The van der Waals surface area contributed by atoms with Crippen LogP contribution in [0.3, 0.4) is 0 Å². The zero-order chi connectivity index (χ0) is 16.8. The number of hydrogen-bond acceptors (Lipinski definition) is 4. The number of nitrogens with zero attached hydrogens (tertiary/aromatic N) is 3. The third-order valence-electron chi connectivity index (χ3n) is 3.83. The maximum absolute atomic E-state index is 12.8. The zero-order valence-electron chi connectivity index (χ0n) is 13.8. The van der Waals surface area contributed by atoms with Crippen molar-refractivity contribution in [2.24, 2.45) is 0 Å². The number of hydrogen-bond donors (Lipinski definition) is 1. The van der Waals surface area contributed by atoms with Gasteiger partial charge in [-0.25, -0.2) is 4.98 Å². The highest BCUT2D eigenvalue weighted by atomic mass is 16.3. The van der Waals surface area contributed by atoms with Crippen LogP contribution in [0.2, 0.25) is 0 Å². The lowest BCUT2D eigenvalue weighted by Gasteiger charge is -2.28. The first-order chi connectivity index (χ1) is 11.0. The van der Waals surface area contributed by atoms with E-state index in [2.05, 4.69) is 4.98 Å². The van der Waals surface area contributed by atoms with Crippen molar-refractivity contribution in [3.63, 3.8) is 0 Å². The lowest BCUT2D eigenvalue weighted by Crippen LogP contribution is -2.32. The fourth-order valence-electron chi connectivity index (χ4n) is 2.52. The third kappa shape index (κ3) is 4.07. The van der Waals surface area contributed by atoms with E-state index >= 15 is 0 Å². The number of carbonyl (C=O) groups is 1. The molecule has 23 heavy (non-hydrogen) atoms. The molecule has 5 nitrogen and oxygen atoms in total. The Morgan fingerprint density at radius 3 is 2.48 bits per heavy atom. The first kappa shape index (κ1) is 17.0. The van der Waals surface area contributed by atoms with Gasteiger partial charge in [0.05, 0.1) is 6.04 Å². The maximum Gasteiger partial charge on any atom is 0.254 e. The summed E-state index contributed by atoms with van der Waals surface area (Å²) in [6.45, 7) is 0.0243. The van der Waals surface area contributed by atoms with Crippen LogP contribution in [0.15, 0.2) is 48.7 Å². The fraction of sp³-hybridized carbons (Fsp3) is 0.333. The Balaban J connectivity index is 2.27. The van der Waals surface area contributed by atoms with Crippen molar-refractivity contribution < 1.29 is 9.90 Å². The van der Waals surface area contributed by atoms with Crippen LogP contribution >= 0.6 is 0 Å². The molecule has 122 valence electrons. The van der Waals surface area contributed by atoms with Gasteiger partial charge in [0.15, 0.2) is 0 Å². The van der Waals surface area contributed by atoms with E-state index in [1.165, 1.54) is 0 Å². The highest BCUT2D eigenvalue weighted by Gasteiger charge is 2.22. The Bertz CT molecular complexity index is 644. The quantitative estimate of drug-likeness (QED) is 0.889. The molecule has 1 unspecified atom stereocenters. The van der Waals surface area contributed by atoms with Crippen LogP contribution in [-0.4, -0.2) is 48.6 Å². The second-order valence-electron chi connectivity index (χ2n) is 5.65. The minimum atomic E-state index is -0.162. The molecule has 0 saturated heterocycles. The van der Waals surface area contributed by atoms with Crippen LogP contribution in [0.4, 0.5) is 5.82 Å². The lowest BCUT2D eigenvalue weighted by molar-refractivity contribution is 0.0705. The molecule has 1 aromatic heterocycles. The second kappa shape index (κ2) is 7.74. The van der Waals surface area contributed by atoms with Gasteiger partial charge < -0.3 is 14.9 Å². The van der Waals surface area contributed by atoms with Crippen LogP contribution in [0.5, 0.6) is 0 Å². The molecule has 2 rings (SSSR count). The highest BCUT2D eigenvalue weighted by Crippen LogP contribution is 2.24. The SMILES string of the molecule is CN(C)c1cc(C(=O)N(C)C(CCO)c2ccccc2)ccn1. The van der Waals surface area contributed by atoms with Crippen molar-refractivity contribution in [3.05, 3.63) is 59.8 Å². The summed E-state index contributed by atoms with van der Waals surface area (Å²) in [5.74, 6) is 0.653. The average molecular weight is 313 g/mol. The molecular formula is C18H23N3O2. The number of pyridine rings is 1. The molecule has 1 atom stereocenters. The zero-order valence-corrected chi connectivity index (χ0v) is 13.8. The molecule has 1 aromatic carbocycles. The molecule has 0 bridgehead atoms. The van der Waals surface area contributed by atoms with Crippen molar-refractivity contribution in [2.75, 3.05) is 32.6 Å². The fourth-order valence-corrected chi connectivity index (χ4v) is 2.52. The topological polar surface area (TPSA) is 56.7 Å². The van der Waals surface area contributed by atoms with Gasteiger partial charge in [-0.05, 0) is 24.1 Å². The summed E-state index contributed by atoms with van der Waals surface area (Å²) in [6, 6.07) is 13.1. The number of anilines is 1. The largest absolute Gasteiger partial charge is 0.396 e. The summed E-state index contributed by atoms with van der Waals surface area (Å²) >= 11 is 0. The van der Waals surface area contributed by atoms with Gasteiger partial charge in [-0.2, -0.15) is 0 Å². The minimum Gasteiger partial charge on any atom is -0.396 e. The molecule has 2 aromatic rings. The smallest absolute Gasteiger partial charge is 0.254 e. The van der Waals surface area contributed by atoms with Gasteiger partial charge in [0.25, 0.3) is 5.91 Å². The Labute approximate surface area is 137 Å². The highest BCUT2D eigenvalue weighted by molar-refractivity contribution is 5.95. The van der Waals surface area contributed by atoms with Crippen molar-refractivity contribution in [2.45, 2.75) is 12.5 Å². The molecule has 0 radical (unpaired) electrons. The number of amides is 1. The van der Waals surface area contributed by atoms with Gasteiger partial charge in [0, 0.05) is 39.5 Å². The van der Waals surface area contributed by atoms with Crippen molar-refractivity contribution in [3.8, 4) is 0 Å². The maximum atomic E-state index is 12.8. The van der Waals surface area contributed by atoms with Crippen LogP contribution < -0.4 is 4.90 Å². The lowest BCUT2D eigenvalue weighted by atomic mass is 10.0. The molecule has 1 N–H and O–H groups in total. The van der Waals surface area contributed by atoms with Crippen molar-refractivity contribution >= 4 is 11.7 Å². The number of rotatable bonds is 6. The summed E-state index contributed by atoms with van der Waals surface area (Å²) in [7, 11) is 5.54. The molecule has 0 aliphatic heterocycles. The van der Waals surface area contributed by atoms with Crippen LogP contribution in [0.1, 0.15) is 28.4 Å². The van der Waals surface area contributed by atoms with Crippen molar-refractivity contribution in [1.29, 1.82) is 0 Å². The molecule has 5 heteroatoms. The van der Waals surface area contributed by atoms with E-state index in [1.54, 1.807) is 30.3 Å². The van der Waals surface area contributed by atoms with Gasteiger partial charge >= 0.3 is 0 Å². The molecule has 0 aliphatic carbocycles. The minimum absolute atomic E-state index is 0.0243. The van der Waals surface area contributed by atoms with E-state index in [0.29, 0.717) is 12.0 Å². The van der Waals surface area contributed by atoms with E-state index in [1.807, 2.05) is 49.3 Å². The summed E-state index contributed by atoms with van der Waals surface area (Å²) in [6.07, 6.45) is 2.14. The Morgan fingerprint density at radius 2 is 1.87 bits per heavy atom. The summed E-state index contributed by atoms with van der Waals surface area (Å²) < 4.78 is 0. The van der Waals surface area contributed by atoms with Gasteiger partial charge in [-0.15, -0.1) is 0 Å². The number of carbonyl (C=O) groups excluding carboxylic acids is 1. The number of aliphatic hydroxyl groups excluding tert-OH is 1. The standard InChI is InChI=1S/C18H23N3O2/c1-20(2)17-13-15(9-11-19-17)18(23)21(3)16(10-12-22)14-7-5-4-6-8-14/h4-9,11,13,16,22H,10,12H2,1-3H3. The van der Waals surface area contributed by atoms with Gasteiger partial charge in [0.1, 0.15) is 5.82 Å². The van der Waals surface area contributed by atoms with Gasteiger partial charge in [-0.3, -0.25) is 4.79 Å². The first-order valence-corrected chi connectivity index (χ1v) is 7.61. The monoisotopic (exact) mass is 313 g/mol. The number of aromatic nitrogens is 1. The van der Waals surface area contributed by atoms with Gasteiger partial charge in [-0.1, -0.05) is 30.3 Å². The van der Waals surface area contributed by atoms with E-state index in [-0.39, 0.29) is 18.6 Å².